The molecule has 0 aliphatic carbocycles. The van der Waals surface area contributed by atoms with E-state index >= 15 is 0 Å². The minimum Gasteiger partial charge on any atom is -0.385 e. The van der Waals surface area contributed by atoms with Crippen LogP contribution in [-0.4, -0.2) is 32.3 Å². The van der Waals surface area contributed by atoms with Crippen LogP contribution in [0.4, 0.5) is 5.69 Å². The van der Waals surface area contributed by atoms with E-state index in [1.807, 2.05) is 18.2 Å². The number of nitrogens with one attached hydrogen (secondary N) is 2. The van der Waals surface area contributed by atoms with Crippen LogP contribution in [0.25, 0.3) is 0 Å². The number of ether oxygens (including phenoxy) is 1. The van der Waals surface area contributed by atoms with E-state index in [0.717, 1.165) is 43.4 Å². The van der Waals surface area contributed by atoms with Crippen LogP contribution < -0.4 is 10.6 Å². The van der Waals surface area contributed by atoms with Crippen molar-refractivity contribution in [2.45, 2.75) is 19.4 Å². The summed E-state index contributed by atoms with van der Waals surface area (Å²) in [7, 11) is 0. The van der Waals surface area contributed by atoms with E-state index in [4.69, 9.17) is 16.3 Å². The first-order valence-corrected chi connectivity index (χ1v) is 6.46. The van der Waals surface area contributed by atoms with Crippen molar-refractivity contribution >= 4 is 17.3 Å². The highest BCUT2D eigenvalue weighted by atomic mass is 35.5. The molecule has 1 saturated heterocycles. The zero-order valence-electron chi connectivity index (χ0n) is 10.1. The molecule has 1 aliphatic heterocycles. The van der Waals surface area contributed by atoms with Crippen molar-refractivity contribution < 1.29 is 4.74 Å². The molecule has 94 valence electrons. The first-order valence-electron chi connectivity index (χ1n) is 6.08. The fraction of sp³-hybridized carbons (Fsp3) is 0.538. The van der Waals surface area contributed by atoms with Crippen LogP contribution in [0.15, 0.2) is 18.2 Å². The normalized spacial score (nSPS) is 20.2. The third-order valence-electron chi connectivity index (χ3n) is 2.97. The van der Waals surface area contributed by atoms with Gasteiger partial charge in [-0.15, -0.1) is 0 Å². The largest absolute Gasteiger partial charge is 0.385 e. The molecule has 1 aromatic rings. The van der Waals surface area contributed by atoms with Gasteiger partial charge in [-0.1, -0.05) is 11.6 Å². The summed E-state index contributed by atoms with van der Waals surface area (Å²) in [6.45, 7) is 5.74. The van der Waals surface area contributed by atoms with E-state index in [2.05, 4.69) is 17.6 Å². The van der Waals surface area contributed by atoms with Crippen LogP contribution in [0.1, 0.15) is 12.0 Å². The zero-order chi connectivity index (χ0) is 12.1. The highest BCUT2D eigenvalue weighted by Gasteiger charge is 2.12. The van der Waals surface area contributed by atoms with Crippen LogP contribution >= 0.6 is 11.6 Å². The van der Waals surface area contributed by atoms with E-state index in [9.17, 15) is 0 Å². The predicted molar refractivity (Wildman–Crippen MR) is 71.9 cm³/mol. The number of hydrogen-bond donors (Lipinski definition) is 2. The maximum Gasteiger partial charge on any atom is 0.0716 e. The molecule has 0 spiro atoms. The summed E-state index contributed by atoms with van der Waals surface area (Å²) in [5.74, 6) is 0. The second-order valence-electron chi connectivity index (χ2n) is 4.37. The Hall–Kier alpha value is -0.770. The lowest BCUT2D eigenvalue weighted by Gasteiger charge is -2.23. The van der Waals surface area contributed by atoms with E-state index in [-0.39, 0.29) is 0 Å². The Morgan fingerprint density at radius 3 is 3.12 bits per heavy atom. The second kappa shape index (κ2) is 6.24. The van der Waals surface area contributed by atoms with Crippen molar-refractivity contribution in [3.8, 4) is 0 Å². The smallest absolute Gasteiger partial charge is 0.0716 e. The van der Waals surface area contributed by atoms with Crippen molar-refractivity contribution in [1.82, 2.24) is 5.32 Å². The Labute approximate surface area is 107 Å². The van der Waals surface area contributed by atoms with E-state index in [1.165, 1.54) is 5.56 Å². The number of anilines is 1. The quantitative estimate of drug-likeness (QED) is 0.866. The molecule has 2 rings (SSSR count). The molecule has 0 aromatic heterocycles. The topological polar surface area (TPSA) is 33.3 Å². The van der Waals surface area contributed by atoms with Crippen LogP contribution in [-0.2, 0) is 4.74 Å². The van der Waals surface area contributed by atoms with Gasteiger partial charge in [-0.2, -0.15) is 0 Å². The van der Waals surface area contributed by atoms with Gasteiger partial charge in [-0.05, 0) is 37.1 Å². The second-order valence-corrected chi connectivity index (χ2v) is 4.81. The van der Waals surface area contributed by atoms with Gasteiger partial charge >= 0.3 is 0 Å². The first-order chi connectivity index (χ1) is 8.25. The monoisotopic (exact) mass is 254 g/mol. The third-order valence-corrected chi connectivity index (χ3v) is 3.21. The van der Waals surface area contributed by atoms with Gasteiger partial charge in [0.25, 0.3) is 0 Å². The minimum atomic E-state index is 0.337. The van der Waals surface area contributed by atoms with Gasteiger partial charge in [0.15, 0.2) is 0 Å². The zero-order valence-corrected chi connectivity index (χ0v) is 10.9. The van der Waals surface area contributed by atoms with Gasteiger partial charge < -0.3 is 15.4 Å². The minimum absolute atomic E-state index is 0.337. The number of benzene rings is 1. The maximum atomic E-state index is 5.92. The highest BCUT2D eigenvalue weighted by molar-refractivity contribution is 6.30. The fourth-order valence-corrected chi connectivity index (χ4v) is 2.23. The summed E-state index contributed by atoms with van der Waals surface area (Å²) in [5.41, 5.74) is 2.33. The van der Waals surface area contributed by atoms with Crippen molar-refractivity contribution in [2.24, 2.45) is 0 Å². The first kappa shape index (κ1) is 12.7. The van der Waals surface area contributed by atoms with Crippen LogP contribution in [0, 0.1) is 6.92 Å². The average Bonchev–Trinajstić information content (AvgIpc) is 2.33. The van der Waals surface area contributed by atoms with Crippen LogP contribution in [0.5, 0.6) is 0 Å². The molecule has 1 aromatic carbocycles. The molecular formula is C13H19ClN2O. The van der Waals surface area contributed by atoms with Gasteiger partial charge in [0.2, 0.25) is 0 Å². The molecule has 0 saturated carbocycles. The Kier molecular flexibility index (Phi) is 4.66. The summed E-state index contributed by atoms with van der Waals surface area (Å²) >= 11 is 5.92. The van der Waals surface area contributed by atoms with Crippen molar-refractivity contribution in [1.29, 1.82) is 0 Å². The lowest BCUT2D eigenvalue weighted by molar-refractivity contribution is 0.0258. The predicted octanol–water partition coefficient (Wildman–Crippen LogP) is 2.44. The van der Waals surface area contributed by atoms with Crippen molar-refractivity contribution in [2.75, 3.05) is 31.6 Å². The van der Waals surface area contributed by atoms with E-state index in [1.54, 1.807) is 0 Å². The Morgan fingerprint density at radius 2 is 2.41 bits per heavy atom. The molecule has 0 radical (unpaired) electrons. The van der Waals surface area contributed by atoms with E-state index < -0.39 is 0 Å². The molecule has 0 bridgehead atoms. The molecule has 3 nitrogen and oxygen atoms in total. The van der Waals surface area contributed by atoms with Gasteiger partial charge in [0.05, 0.1) is 12.7 Å². The molecule has 2 N–H and O–H groups in total. The summed E-state index contributed by atoms with van der Waals surface area (Å²) < 4.78 is 5.64. The molecule has 1 fully saturated rings. The van der Waals surface area contributed by atoms with Crippen molar-refractivity contribution in [3.05, 3.63) is 28.8 Å². The summed E-state index contributed by atoms with van der Waals surface area (Å²) in [4.78, 5) is 0. The fourth-order valence-electron chi connectivity index (χ4n) is 2.00. The maximum absolute atomic E-state index is 5.92. The average molecular weight is 255 g/mol. The summed E-state index contributed by atoms with van der Waals surface area (Å²) in [6.07, 6.45) is 1.36. The van der Waals surface area contributed by atoms with Gasteiger partial charge in [0.1, 0.15) is 0 Å². The molecular weight excluding hydrogens is 236 g/mol. The Morgan fingerprint density at radius 1 is 1.53 bits per heavy atom. The Balaban J connectivity index is 1.77. The molecule has 1 atom stereocenters. The number of morpholine rings is 1. The van der Waals surface area contributed by atoms with Crippen LogP contribution in [0.3, 0.4) is 0 Å². The SMILES string of the molecule is Cc1cc(Cl)ccc1NCCC1CNCCO1. The molecule has 1 aliphatic rings. The molecule has 1 unspecified atom stereocenters. The molecule has 4 heteroatoms. The highest BCUT2D eigenvalue weighted by Crippen LogP contribution is 2.19. The van der Waals surface area contributed by atoms with Gasteiger partial charge in [0, 0.05) is 30.3 Å². The molecule has 0 amide bonds. The van der Waals surface area contributed by atoms with E-state index in [0.29, 0.717) is 6.10 Å². The summed E-state index contributed by atoms with van der Waals surface area (Å²) in [5, 5.41) is 7.54. The molecule has 1 heterocycles. The number of aryl methyl sites for hydroxylation is 1. The summed E-state index contributed by atoms with van der Waals surface area (Å²) in [6, 6.07) is 5.91. The van der Waals surface area contributed by atoms with Gasteiger partial charge in [-0.25, -0.2) is 0 Å². The lowest BCUT2D eigenvalue weighted by atomic mass is 10.2. The third kappa shape index (κ3) is 3.87. The molecule has 17 heavy (non-hydrogen) atoms. The number of rotatable bonds is 4. The number of hydrogen-bond acceptors (Lipinski definition) is 3. The number of halogens is 1. The van der Waals surface area contributed by atoms with Gasteiger partial charge in [-0.3, -0.25) is 0 Å². The Bertz CT molecular complexity index is 364. The van der Waals surface area contributed by atoms with Crippen molar-refractivity contribution in [3.63, 3.8) is 0 Å². The lowest BCUT2D eigenvalue weighted by Crippen LogP contribution is -2.39. The van der Waals surface area contributed by atoms with Crippen LogP contribution in [0.2, 0.25) is 5.02 Å². The standard InChI is InChI=1S/C13H19ClN2O/c1-10-8-11(14)2-3-13(10)16-5-4-12-9-15-6-7-17-12/h2-3,8,12,15-16H,4-7,9H2,1H3.